The molecule has 0 saturated heterocycles. The predicted octanol–water partition coefficient (Wildman–Crippen LogP) is 4.53. The van der Waals surface area contributed by atoms with Crippen molar-refractivity contribution in [2.45, 2.75) is 27.2 Å². The number of hydrogen-bond acceptors (Lipinski definition) is 2. The molecule has 0 atom stereocenters. The molecular weight excluding hydrogens is 298 g/mol. The second-order valence-corrected chi connectivity index (χ2v) is 6.95. The van der Waals surface area contributed by atoms with Crippen LogP contribution in [-0.4, -0.2) is 17.6 Å². The largest absolute Gasteiger partial charge is 0.396 e. The summed E-state index contributed by atoms with van der Waals surface area (Å²) in [5.41, 5.74) is 3.64. The van der Waals surface area contributed by atoms with Crippen LogP contribution in [0.3, 0.4) is 0 Å². The zero-order chi connectivity index (χ0) is 17.6. The van der Waals surface area contributed by atoms with Gasteiger partial charge in [0.1, 0.15) is 0 Å². The third kappa shape index (κ3) is 5.67. The van der Waals surface area contributed by atoms with E-state index in [1.807, 2.05) is 48.5 Å². The van der Waals surface area contributed by atoms with Crippen molar-refractivity contribution in [1.29, 1.82) is 0 Å². The summed E-state index contributed by atoms with van der Waals surface area (Å²) >= 11 is 0. The van der Waals surface area contributed by atoms with E-state index in [1.165, 1.54) is 0 Å². The first-order valence-electron chi connectivity index (χ1n) is 8.18. The zero-order valence-corrected chi connectivity index (χ0v) is 14.5. The number of hydrogen-bond donors (Lipinski definition) is 2. The van der Waals surface area contributed by atoms with E-state index in [0.717, 1.165) is 16.8 Å². The fraction of sp³-hybridized carbons (Fsp3) is 0.286. The summed E-state index contributed by atoms with van der Waals surface area (Å²) < 4.78 is 0. The van der Waals surface area contributed by atoms with Crippen molar-refractivity contribution >= 4 is 17.7 Å². The lowest BCUT2D eigenvalue weighted by molar-refractivity contribution is 0.102. The average molecular weight is 323 g/mol. The minimum atomic E-state index is -0.128. The van der Waals surface area contributed by atoms with Gasteiger partial charge in [0.25, 0.3) is 5.91 Å². The first-order valence-corrected chi connectivity index (χ1v) is 8.18. The molecule has 3 heteroatoms. The predicted molar refractivity (Wildman–Crippen MR) is 100 cm³/mol. The topological polar surface area (TPSA) is 49.3 Å². The molecule has 126 valence electrons. The zero-order valence-electron chi connectivity index (χ0n) is 14.5. The van der Waals surface area contributed by atoms with Crippen LogP contribution in [0.4, 0.5) is 5.69 Å². The monoisotopic (exact) mass is 323 g/mol. The second kappa shape index (κ2) is 7.93. The Bertz CT molecular complexity index is 692. The molecule has 0 bridgehead atoms. The highest BCUT2D eigenvalue weighted by molar-refractivity contribution is 6.04. The highest BCUT2D eigenvalue weighted by atomic mass is 16.2. The van der Waals surface area contributed by atoms with Crippen LogP contribution in [0.1, 0.15) is 42.3 Å². The molecule has 0 saturated carbocycles. The number of allylic oxidation sites excluding steroid dienone is 1. The van der Waals surface area contributed by atoms with Crippen molar-refractivity contribution in [2.75, 3.05) is 11.9 Å². The van der Waals surface area contributed by atoms with Crippen molar-refractivity contribution in [3.05, 3.63) is 71.3 Å². The van der Waals surface area contributed by atoms with Crippen molar-refractivity contribution in [1.82, 2.24) is 0 Å². The van der Waals surface area contributed by atoms with Crippen molar-refractivity contribution < 1.29 is 9.90 Å². The number of carbonyl (C=O) groups excluding carboxylic acids is 1. The van der Waals surface area contributed by atoms with Gasteiger partial charge in [-0.15, -0.1) is 0 Å². The number of carbonyl (C=O) groups is 1. The van der Waals surface area contributed by atoms with Gasteiger partial charge in [-0.1, -0.05) is 57.2 Å². The van der Waals surface area contributed by atoms with E-state index in [2.05, 4.69) is 38.2 Å². The summed E-state index contributed by atoms with van der Waals surface area (Å²) in [5.74, 6) is -0.128. The van der Waals surface area contributed by atoms with Crippen LogP contribution >= 0.6 is 0 Å². The van der Waals surface area contributed by atoms with E-state index in [4.69, 9.17) is 5.11 Å². The standard InChI is InChI=1S/C21H25NO2/c1-21(2,3)14-12-16-4-8-18(9-5-16)20(24)22-19-10-6-17(7-11-19)13-15-23/h4-12,14,23H,13,15H2,1-3H3,(H,22,24)/b14-12+. The molecule has 0 heterocycles. The Morgan fingerprint density at radius 1 is 1.04 bits per heavy atom. The van der Waals surface area contributed by atoms with E-state index in [-0.39, 0.29) is 17.9 Å². The van der Waals surface area contributed by atoms with E-state index < -0.39 is 0 Å². The smallest absolute Gasteiger partial charge is 0.255 e. The normalized spacial score (nSPS) is 11.7. The Kier molecular flexibility index (Phi) is 5.93. The third-order valence-corrected chi connectivity index (χ3v) is 3.56. The fourth-order valence-electron chi connectivity index (χ4n) is 2.18. The quantitative estimate of drug-likeness (QED) is 0.849. The van der Waals surface area contributed by atoms with Crippen LogP contribution in [0, 0.1) is 5.41 Å². The Morgan fingerprint density at radius 2 is 1.67 bits per heavy atom. The molecule has 0 aromatic heterocycles. The maximum absolute atomic E-state index is 12.3. The SMILES string of the molecule is CC(C)(C)/C=C/c1ccc(C(=O)Nc2ccc(CCO)cc2)cc1. The molecule has 0 spiro atoms. The molecule has 2 aromatic rings. The summed E-state index contributed by atoms with van der Waals surface area (Å²) in [6.45, 7) is 6.58. The summed E-state index contributed by atoms with van der Waals surface area (Å²) in [7, 11) is 0. The maximum Gasteiger partial charge on any atom is 0.255 e. The number of anilines is 1. The minimum absolute atomic E-state index is 0.127. The number of aliphatic hydroxyl groups excluding tert-OH is 1. The van der Waals surface area contributed by atoms with Crippen molar-refractivity contribution in [3.63, 3.8) is 0 Å². The van der Waals surface area contributed by atoms with Gasteiger partial charge in [0.2, 0.25) is 0 Å². The Balaban J connectivity index is 2.01. The van der Waals surface area contributed by atoms with Crippen molar-refractivity contribution in [2.24, 2.45) is 5.41 Å². The molecule has 24 heavy (non-hydrogen) atoms. The minimum Gasteiger partial charge on any atom is -0.396 e. The molecule has 0 aliphatic heterocycles. The van der Waals surface area contributed by atoms with Gasteiger partial charge < -0.3 is 10.4 Å². The lowest BCUT2D eigenvalue weighted by atomic mass is 9.95. The highest BCUT2D eigenvalue weighted by Gasteiger charge is 2.07. The molecule has 1 amide bonds. The molecule has 3 nitrogen and oxygen atoms in total. The van der Waals surface area contributed by atoms with Gasteiger partial charge in [-0.05, 0) is 47.2 Å². The molecule has 2 aromatic carbocycles. The van der Waals surface area contributed by atoms with Crippen LogP contribution in [0.15, 0.2) is 54.6 Å². The Hall–Kier alpha value is -2.39. The van der Waals surface area contributed by atoms with Gasteiger partial charge in [-0.2, -0.15) is 0 Å². The number of amides is 1. The summed E-state index contributed by atoms with van der Waals surface area (Å²) in [6.07, 6.45) is 4.84. The van der Waals surface area contributed by atoms with Gasteiger partial charge in [-0.25, -0.2) is 0 Å². The van der Waals surface area contributed by atoms with Crippen LogP contribution in [0.25, 0.3) is 6.08 Å². The van der Waals surface area contributed by atoms with Crippen LogP contribution in [0.5, 0.6) is 0 Å². The average Bonchev–Trinajstić information content (AvgIpc) is 2.55. The van der Waals surface area contributed by atoms with Crippen LogP contribution in [-0.2, 0) is 6.42 Å². The summed E-state index contributed by atoms with van der Waals surface area (Å²) in [6, 6.07) is 15.1. The molecule has 0 aliphatic rings. The number of rotatable bonds is 5. The lowest BCUT2D eigenvalue weighted by Gasteiger charge is -2.11. The lowest BCUT2D eigenvalue weighted by Crippen LogP contribution is -2.11. The van der Waals surface area contributed by atoms with E-state index in [1.54, 1.807) is 0 Å². The van der Waals surface area contributed by atoms with Crippen LogP contribution in [0.2, 0.25) is 0 Å². The second-order valence-electron chi connectivity index (χ2n) is 6.95. The van der Waals surface area contributed by atoms with E-state index in [9.17, 15) is 4.79 Å². The molecule has 2 N–H and O–H groups in total. The van der Waals surface area contributed by atoms with Gasteiger partial charge in [0, 0.05) is 17.9 Å². The Labute approximate surface area is 144 Å². The Morgan fingerprint density at radius 3 is 2.21 bits per heavy atom. The first-order chi connectivity index (χ1) is 11.4. The number of aliphatic hydroxyl groups is 1. The molecular formula is C21H25NO2. The van der Waals surface area contributed by atoms with Gasteiger partial charge in [0.05, 0.1) is 0 Å². The third-order valence-electron chi connectivity index (χ3n) is 3.56. The van der Waals surface area contributed by atoms with Gasteiger partial charge in [-0.3, -0.25) is 4.79 Å². The molecule has 0 aliphatic carbocycles. The van der Waals surface area contributed by atoms with Crippen LogP contribution < -0.4 is 5.32 Å². The molecule has 2 rings (SSSR count). The molecule has 0 radical (unpaired) electrons. The number of nitrogens with one attached hydrogen (secondary N) is 1. The maximum atomic E-state index is 12.3. The summed E-state index contributed by atoms with van der Waals surface area (Å²) in [4.78, 5) is 12.3. The van der Waals surface area contributed by atoms with E-state index >= 15 is 0 Å². The van der Waals surface area contributed by atoms with Gasteiger partial charge in [0.15, 0.2) is 0 Å². The number of benzene rings is 2. The van der Waals surface area contributed by atoms with E-state index in [0.29, 0.717) is 12.0 Å². The van der Waals surface area contributed by atoms with Gasteiger partial charge >= 0.3 is 0 Å². The molecule has 0 unspecified atom stereocenters. The van der Waals surface area contributed by atoms with Crippen molar-refractivity contribution in [3.8, 4) is 0 Å². The first kappa shape index (κ1) is 18.0. The summed E-state index contributed by atoms with van der Waals surface area (Å²) in [5, 5.41) is 11.8. The fourth-order valence-corrected chi connectivity index (χ4v) is 2.18. The highest BCUT2D eigenvalue weighted by Crippen LogP contribution is 2.18. The molecule has 0 fully saturated rings.